The summed E-state index contributed by atoms with van der Waals surface area (Å²) in [4.78, 5) is 9.23. The van der Waals surface area contributed by atoms with Crippen molar-refractivity contribution in [3.63, 3.8) is 0 Å². The van der Waals surface area contributed by atoms with Gasteiger partial charge in [-0.1, -0.05) is 0 Å². The molecule has 0 aliphatic carbocycles. The van der Waals surface area contributed by atoms with Crippen molar-refractivity contribution in [1.82, 2.24) is 4.31 Å². The van der Waals surface area contributed by atoms with Crippen LogP contribution in [0.2, 0.25) is 0 Å². The average molecular weight is 306 g/mol. The lowest BCUT2D eigenvalue weighted by Crippen LogP contribution is -2.30. The Morgan fingerprint density at radius 3 is 2.60 bits per heavy atom. The first-order valence-corrected chi connectivity index (χ1v) is 7.22. The number of nitro groups is 1. The van der Waals surface area contributed by atoms with Crippen LogP contribution in [0.1, 0.15) is 6.92 Å². The number of hydrogen-bond donors (Lipinski definition) is 0. The lowest BCUT2D eigenvalue weighted by molar-refractivity contribution is -0.387. The zero-order valence-corrected chi connectivity index (χ0v) is 11.9. The highest BCUT2D eigenvalue weighted by atomic mass is 32.2. The maximum atomic E-state index is 13.5. The van der Waals surface area contributed by atoms with Crippen molar-refractivity contribution in [2.75, 3.05) is 26.8 Å². The van der Waals surface area contributed by atoms with E-state index in [0.717, 1.165) is 16.4 Å². The van der Waals surface area contributed by atoms with Crippen LogP contribution in [0.5, 0.6) is 0 Å². The van der Waals surface area contributed by atoms with E-state index in [1.807, 2.05) is 0 Å². The molecule has 0 bridgehead atoms. The molecule has 9 heteroatoms. The number of nitro benzene ring substituents is 1. The van der Waals surface area contributed by atoms with E-state index in [-0.39, 0.29) is 18.0 Å². The van der Waals surface area contributed by atoms with E-state index in [1.54, 1.807) is 6.92 Å². The largest absolute Gasteiger partial charge is 0.380 e. The quantitative estimate of drug-likeness (QED) is 0.431. The Kier molecular flexibility index (Phi) is 5.54. The summed E-state index contributed by atoms with van der Waals surface area (Å²) in [7, 11) is -2.57. The van der Waals surface area contributed by atoms with Gasteiger partial charge in [0.25, 0.3) is 0 Å². The zero-order valence-electron chi connectivity index (χ0n) is 11.1. The number of sulfonamides is 1. The summed E-state index contributed by atoms with van der Waals surface area (Å²) < 4.78 is 43.7. The van der Waals surface area contributed by atoms with E-state index in [9.17, 15) is 22.9 Å². The minimum atomic E-state index is -3.89. The van der Waals surface area contributed by atoms with Gasteiger partial charge in [0.2, 0.25) is 15.8 Å². The molecule has 0 fully saturated rings. The van der Waals surface area contributed by atoms with Gasteiger partial charge in [0, 0.05) is 32.3 Å². The van der Waals surface area contributed by atoms with Gasteiger partial charge in [-0.2, -0.15) is 8.70 Å². The minimum absolute atomic E-state index is 0.106. The van der Waals surface area contributed by atoms with Crippen molar-refractivity contribution in [2.45, 2.75) is 11.8 Å². The Morgan fingerprint density at radius 2 is 2.10 bits per heavy atom. The molecular formula is C11H15FN2O5S. The van der Waals surface area contributed by atoms with Gasteiger partial charge in [-0.25, -0.2) is 8.42 Å². The SMILES string of the molecule is CCOCCN(C)S(=O)(=O)c1ccc([N+](=O)[O-])c(F)c1. The molecule has 1 aromatic carbocycles. The molecule has 0 aliphatic heterocycles. The summed E-state index contributed by atoms with van der Waals surface area (Å²) >= 11 is 0. The number of nitrogens with zero attached hydrogens (tertiary/aromatic N) is 2. The van der Waals surface area contributed by atoms with Gasteiger partial charge in [0.15, 0.2) is 0 Å². The molecule has 7 nitrogen and oxygen atoms in total. The van der Waals surface area contributed by atoms with E-state index in [0.29, 0.717) is 12.7 Å². The summed E-state index contributed by atoms with van der Waals surface area (Å²) in [6.45, 7) is 2.55. The normalized spacial score (nSPS) is 11.8. The number of hydrogen-bond acceptors (Lipinski definition) is 5. The van der Waals surface area contributed by atoms with E-state index in [2.05, 4.69) is 0 Å². The van der Waals surface area contributed by atoms with Crippen molar-refractivity contribution >= 4 is 15.7 Å². The van der Waals surface area contributed by atoms with E-state index < -0.39 is 26.5 Å². The van der Waals surface area contributed by atoms with Crippen molar-refractivity contribution in [3.8, 4) is 0 Å². The van der Waals surface area contributed by atoms with Gasteiger partial charge in [-0.3, -0.25) is 10.1 Å². The maximum Gasteiger partial charge on any atom is 0.304 e. The molecule has 112 valence electrons. The minimum Gasteiger partial charge on any atom is -0.380 e. The van der Waals surface area contributed by atoms with Gasteiger partial charge in [0.05, 0.1) is 16.4 Å². The fourth-order valence-electron chi connectivity index (χ4n) is 1.43. The van der Waals surface area contributed by atoms with Crippen LogP contribution >= 0.6 is 0 Å². The molecule has 0 saturated carbocycles. The molecule has 0 aliphatic rings. The average Bonchev–Trinajstić information content (AvgIpc) is 2.38. The molecule has 0 unspecified atom stereocenters. The molecule has 1 rings (SSSR count). The Hall–Kier alpha value is -1.58. The second-order valence-corrected chi connectivity index (χ2v) is 5.94. The molecule has 0 aromatic heterocycles. The van der Waals surface area contributed by atoms with Crippen LogP contribution in [0.15, 0.2) is 23.1 Å². The zero-order chi connectivity index (χ0) is 15.3. The van der Waals surface area contributed by atoms with E-state index in [4.69, 9.17) is 4.74 Å². The highest BCUT2D eigenvalue weighted by Gasteiger charge is 2.24. The molecule has 0 radical (unpaired) electrons. The summed E-state index contributed by atoms with van der Waals surface area (Å²) in [6.07, 6.45) is 0. The van der Waals surface area contributed by atoms with Crippen LogP contribution in [0.3, 0.4) is 0 Å². The number of ether oxygens (including phenoxy) is 1. The van der Waals surface area contributed by atoms with Crippen LogP contribution in [-0.2, 0) is 14.8 Å². The molecule has 0 spiro atoms. The molecule has 0 amide bonds. The second kappa shape index (κ2) is 6.73. The maximum absolute atomic E-state index is 13.5. The fraction of sp³-hybridized carbons (Fsp3) is 0.455. The third-order valence-corrected chi connectivity index (χ3v) is 4.43. The van der Waals surface area contributed by atoms with Crippen molar-refractivity contribution in [1.29, 1.82) is 0 Å². The number of likely N-dealkylation sites (N-methyl/N-ethyl adjacent to an activating group) is 1. The molecule has 20 heavy (non-hydrogen) atoms. The first-order chi connectivity index (χ1) is 9.30. The first kappa shape index (κ1) is 16.5. The van der Waals surface area contributed by atoms with Gasteiger partial charge in [-0.05, 0) is 13.0 Å². The summed E-state index contributed by atoms with van der Waals surface area (Å²) in [5.74, 6) is -1.19. The predicted octanol–water partition coefficient (Wildman–Crippen LogP) is 1.39. The molecule has 0 saturated heterocycles. The highest BCUT2D eigenvalue weighted by Crippen LogP contribution is 2.22. The third-order valence-electron chi connectivity index (χ3n) is 2.58. The third kappa shape index (κ3) is 3.71. The molecule has 0 N–H and O–H groups in total. The number of benzene rings is 1. The van der Waals surface area contributed by atoms with Crippen molar-refractivity contribution < 1.29 is 22.5 Å². The Morgan fingerprint density at radius 1 is 1.45 bits per heavy atom. The number of halogens is 1. The van der Waals surface area contributed by atoms with Crippen LogP contribution in [-0.4, -0.2) is 44.5 Å². The molecule has 0 atom stereocenters. The number of rotatable bonds is 7. The second-order valence-electron chi connectivity index (χ2n) is 3.89. The van der Waals surface area contributed by atoms with Gasteiger partial charge in [0.1, 0.15) is 0 Å². The van der Waals surface area contributed by atoms with Gasteiger partial charge >= 0.3 is 5.69 Å². The smallest absolute Gasteiger partial charge is 0.304 e. The Labute approximate surface area is 116 Å². The molecular weight excluding hydrogens is 291 g/mol. The van der Waals surface area contributed by atoms with Crippen LogP contribution in [0.25, 0.3) is 0 Å². The summed E-state index contributed by atoms with van der Waals surface area (Å²) in [5.41, 5.74) is -0.763. The highest BCUT2D eigenvalue weighted by molar-refractivity contribution is 7.89. The monoisotopic (exact) mass is 306 g/mol. The topological polar surface area (TPSA) is 89.8 Å². The van der Waals surface area contributed by atoms with Gasteiger partial charge < -0.3 is 4.74 Å². The Balaban J connectivity index is 2.98. The fourth-order valence-corrected chi connectivity index (χ4v) is 2.60. The van der Waals surface area contributed by atoms with E-state index >= 15 is 0 Å². The predicted molar refractivity (Wildman–Crippen MR) is 69.4 cm³/mol. The van der Waals surface area contributed by atoms with Crippen LogP contribution in [0, 0.1) is 15.9 Å². The van der Waals surface area contributed by atoms with Gasteiger partial charge in [-0.15, -0.1) is 0 Å². The lowest BCUT2D eigenvalue weighted by Gasteiger charge is -2.16. The van der Waals surface area contributed by atoms with Crippen LogP contribution < -0.4 is 0 Å². The molecule has 0 heterocycles. The summed E-state index contributed by atoms with van der Waals surface area (Å²) in [6, 6.07) is 2.48. The molecule has 1 aromatic rings. The van der Waals surface area contributed by atoms with E-state index in [1.165, 1.54) is 7.05 Å². The van der Waals surface area contributed by atoms with Crippen molar-refractivity contribution in [2.24, 2.45) is 0 Å². The standard InChI is InChI=1S/C11H15FN2O5S/c1-3-19-7-6-13(2)20(17,18)9-4-5-11(14(15)16)10(12)8-9/h4-5,8H,3,6-7H2,1-2H3. The lowest BCUT2D eigenvalue weighted by atomic mass is 10.3. The van der Waals surface area contributed by atoms with Crippen LogP contribution in [0.4, 0.5) is 10.1 Å². The Bertz CT molecular complexity index is 590. The summed E-state index contributed by atoms with van der Waals surface area (Å²) in [5, 5.41) is 10.5. The van der Waals surface area contributed by atoms with Crippen molar-refractivity contribution in [3.05, 3.63) is 34.1 Å². The first-order valence-electron chi connectivity index (χ1n) is 5.78.